The van der Waals surface area contributed by atoms with Crippen molar-refractivity contribution in [2.24, 2.45) is 5.92 Å². The Labute approximate surface area is 296 Å². The number of aromatic nitrogens is 3. The Hall–Kier alpha value is -3.94. The quantitative estimate of drug-likeness (QED) is 0.155. The van der Waals surface area contributed by atoms with Crippen LogP contribution < -0.4 is 10.8 Å². The molecule has 0 bridgehead atoms. The average molecular weight is 729 g/mol. The van der Waals surface area contributed by atoms with Gasteiger partial charge in [-0.1, -0.05) is 44.9 Å². The molecule has 3 aromatic rings. The lowest BCUT2D eigenvalue weighted by Gasteiger charge is -2.29. The molecule has 16 nitrogen and oxygen atoms in total. The molecule has 0 saturated carbocycles. The van der Waals surface area contributed by atoms with Crippen LogP contribution in [0.25, 0.3) is 5.52 Å². The van der Waals surface area contributed by atoms with Crippen LogP contribution in [0.5, 0.6) is 0 Å². The molecule has 1 aromatic carbocycles. The predicted octanol–water partition coefficient (Wildman–Crippen LogP) is 4.42. The molecule has 0 radical (unpaired) electrons. The molecule has 2 saturated heterocycles. The summed E-state index contributed by atoms with van der Waals surface area (Å²) >= 11 is 0. The molecule has 0 spiro atoms. The van der Waals surface area contributed by atoms with Gasteiger partial charge in [0.05, 0.1) is 37.7 Å². The Morgan fingerprint density at radius 3 is 2.55 bits per heavy atom. The molecule has 3 N–H and O–H groups in total. The summed E-state index contributed by atoms with van der Waals surface area (Å²) in [6, 6.07) is 11.0. The highest BCUT2D eigenvalue weighted by Gasteiger charge is 2.65. The van der Waals surface area contributed by atoms with Crippen molar-refractivity contribution in [1.29, 1.82) is 5.26 Å². The maximum atomic E-state index is 14.5. The zero-order chi connectivity index (χ0) is 37.0. The highest BCUT2D eigenvalue weighted by atomic mass is 31.2. The Morgan fingerprint density at radius 2 is 1.84 bits per heavy atom. The minimum absolute atomic E-state index is 0.156. The van der Waals surface area contributed by atoms with Gasteiger partial charge in [0.25, 0.3) is 0 Å². The average Bonchev–Trinajstić information content (AvgIpc) is 3.78. The molecule has 5 rings (SSSR count). The predicted molar refractivity (Wildman–Crippen MR) is 182 cm³/mol. The summed E-state index contributed by atoms with van der Waals surface area (Å²) in [4.78, 5) is 29.7. The van der Waals surface area contributed by atoms with Crippen molar-refractivity contribution >= 4 is 31.0 Å². The summed E-state index contributed by atoms with van der Waals surface area (Å²) in [5.41, 5.74) is 5.66. The van der Waals surface area contributed by atoms with E-state index in [4.69, 9.17) is 38.5 Å². The fraction of sp³-hybridized carbons (Fsp3) is 0.559. The lowest BCUT2D eigenvalue weighted by Crippen LogP contribution is -2.40. The van der Waals surface area contributed by atoms with Crippen LogP contribution in [0.3, 0.4) is 0 Å². The number of ether oxygens (including phenoxy) is 5. The van der Waals surface area contributed by atoms with E-state index in [1.807, 2.05) is 13.8 Å². The number of carbonyl (C=O) groups is 2. The maximum Gasteiger partial charge on any atom is 0.406 e. The number of carbonyl (C=O) groups excluding carboxylic acids is 2. The second-order valence-electron chi connectivity index (χ2n) is 12.8. The number of nitrogens with zero attached hydrogens (tertiary/aromatic N) is 4. The molecule has 276 valence electrons. The van der Waals surface area contributed by atoms with Crippen LogP contribution in [0.1, 0.15) is 76.0 Å². The normalized spacial score (nSPS) is 24.2. The van der Waals surface area contributed by atoms with Gasteiger partial charge >= 0.3 is 19.7 Å². The van der Waals surface area contributed by atoms with Gasteiger partial charge in [0.1, 0.15) is 42.3 Å². The van der Waals surface area contributed by atoms with Crippen molar-refractivity contribution in [2.75, 3.05) is 25.6 Å². The third kappa shape index (κ3) is 8.10. The Bertz CT molecular complexity index is 1810. The second-order valence-corrected chi connectivity index (χ2v) is 14.6. The molecule has 0 aliphatic carbocycles. The van der Waals surface area contributed by atoms with Crippen molar-refractivity contribution in [2.45, 2.75) is 96.7 Å². The number of rotatable bonds is 16. The van der Waals surface area contributed by atoms with Crippen molar-refractivity contribution < 1.29 is 46.9 Å². The van der Waals surface area contributed by atoms with Gasteiger partial charge in [-0.05, 0) is 57.4 Å². The van der Waals surface area contributed by atoms with Gasteiger partial charge in [-0.25, -0.2) is 23.9 Å². The van der Waals surface area contributed by atoms with Crippen molar-refractivity contribution in [1.82, 2.24) is 19.7 Å². The van der Waals surface area contributed by atoms with Gasteiger partial charge in [0.15, 0.2) is 11.6 Å². The third-order valence-electron chi connectivity index (χ3n) is 8.89. The second kappa shape index (κ2) is 15.7. The minimum atomic E-state index is -4.40. The number of nitrogen functional groups attached to an aromatic ring is 1. The highest BCUT2D eigenvalue weighted by Crippen LogP contribution is 2.52. The van der Waals surface area contributed by atoms with Crippen LogP contribution in [0.2, 0.25) is 0 Å². The molecule has 1 unspecified atom stereocenters. The number of nitriles is 1. The van der Waals surface area contributed by atoms with Gasteiger partial charge in [0, 0.05) is 0 Å². The zero-order valence-corrected chi connectivity index (χ0v) is 30.5. The van der Waals surface area contributed by atoms with E-state index in [9.17, 15) is 19.4 Å². The molecule has 2 aromatic heterocycles. The van der Waals surface area contributed by atoms with Crippen LogP contribution in [-0.4, -0.2) is 76.5 Å². The summed E-state index contributed by atoms with van der Waals surface area (Å²) in [6.07, 6.45) is 0.0473. The summed E-state index contributed by atoms with van der Waals surface area (Å²) in [5.74, 6) is -1.99. The van der Waals surface area contributed by atoms with E-state index >= 15 is 0 Å². The van der Waals surface area contributed by atoms with Gasteiger partial charge in [0.2, 0.25) is 5.60 Å². The first-order valence-corrected chi connectivity index (χ1v) is 18.5. The van der Waals surface area contributed by atoms with E-state index in [0.717, 1.165) is 12.8 Å². The van der Waals surface area contributed by atoms with Gasteiger partial charge in [-0.3, -0.25) is 13.8 Å². The van der Waals surface area contributed by atoms with Gasteiger partial charge in [-0.15, -0.1) is 0 Å². The van der Waals surface area contributed by atoms with Crippen LogP contribution in [0.15, 0.2) is 42.7 Å². The van der Waals surface area contributed by atoms with Crippen molar-refractivity contribution in [3.05, 3.63) is 59.5 Å². The first-order chi connectivity index (χ1) is 24.3. The van der Waals surface area contributed by atoms with E-state index in [-0.39, 0.29) is 37.1 Å². The molecule has 2 aliphatic heterocycles. The number of nitrogens with two attached hydrogens (primary N) is 1. The number of benzene rings is 1. The molecule has 0 amide bonds. The lowest BCUT2D eigenvalue weighted by molar-refractivity contribution is -0.204. The largest absolute Gasteiger partial charge is 0.464 e. The monoisotopic (exact) mass is 728 g/mol. The summed E-state index contributed by atoms with van der Waals surface area (Å²) in [6.45, 7) is 10.2. The standard InChI is InChI=1S/C34H45N6O10P/c1-7-22(8-2)16-45-31(41)21(4)39-51(43,46-17-23-12-10-11-13-24(23)32(42)44-9-3)47-18-26-28-29(50-33(5,6)49-28)34(19-35,48-26)27-15-14-25-30(36)37-20-38-40(25)27/h10-15,20-22,26,28-29H,7-9,16-18H2,1-6H3,(H,39,43)(H2,36,37,38)/t21-,26+,28+,29+,34-,51?/m0/s1. The zero-order valence-electron chi connectivity index (χ0n) is 29.6. The molecule has 4 heterocycles. The third-order valence-corrected chi connectivity index (χ3v) is 10.6. The molecule has 6 atom stereocenters. The number of fused-ring (bicyclic) bond motifs is 2. The van der Waals surface area contributed by atoms with Crippen molar-refractivity contribution in [3.63, 3.8) is 0 Å². The molecule has 2 fully saturated rings. The van der Waals surface area contributed by atoms with E-state index < -0.39 is 62.0 Å². The number of hydrogen-bond donors (Lipinski definition) is 2. The van der Waals surface area contributed by atoms with E-state index in [1.54, 1.807) is 57.2 Å². The Morgan fingerprint density at radius 1 is 1.10 bits per heavy atom. The van der Waals surface area contributed by atoms with Gasteiger partial charge < -0.3 is 29.4 Å². The van der Waals surface area contributed by atoms with Crippen molar-refractivity contribution in [3.8, 4) is 6.07 Å². The summed E-state index contributed by atoms with van der Waals surface area (Å²) < 4.78 is 57.4. The van der Waals surface area contributed by atoms with Crippen LogP contribution in [0.4, 0.5) is 5.82 Å². The fourth-order valence-electron chi connectivity index (χ4n) is 6.10. The lowest BCUT2D eigenvalue weighted by atomic mass is 9.92. The fourth-order valence-corrected chi connectivity index (χ4v) is 7.55. The molecular formula is C34H45N6O10P. The van der Waals surface area contributed by atoms with Crippen LogP contribution in [0, 0.1) is 17.2 Å². The first kappa shape index (κ1) is 38.3. The maximum absolute atomic E-state index is 14.5. The molecular weight excluding hydrogens is 683 g/mol. The van der Waals surface area contributed by atoms with Crippen LogP contribution in [-0.2, 0) is 54.3 Å². The Balaban J connectivity index is 1.42. The van der Waals surface area contributed by atoms with Crippen LogP contribution >= 0.6 is 7.75 Å². The summed E-state index contributed by atoms with van der Waals surface area (Å²) in [5, 5.41) is 17.7. The summed E-state index contributed by atoms with van der Waals surface area (Å²) in [7, 11) is -4.40. The van der Waals surface area contributed by atoms with E-state index in [2.05, 4.69) is 21.2 Å². The smallest absolute Gasteiger partial charge is 0.406 e. The number of hydrogen-bond acceptors (Lipinski definition) is 14. The minimum Gasteiger partial charge on any atom is -0.464 e. The van der Waals surface area contributed by atoms with E-state index in [1.165, 1.54) is 17.8 Å². The molecule has 51 heavy (non-hydrogen) atoms. The SMILES string of the molecule is CCOC(=O)c1ccccc1COP(=O)(N[C@@H](C)C(=O)OCC(CC)CC)OC[C@H]1O[C@@](C#N)(c2ccc3c(N)ncnn23)[C@@H]2OC(C)(C)O[C@@H]21. The molecule has 17 heteroatoms. The number of nitrogens with one attached hydrogen (secondary N) is 1. The molecule has 2 aliphatic rings. The highest BCUT2D eigenvalue weighted by molar-refractivity contribution is 7.51. The number of anilines is 1. The van der Waals surface area contributed by atoms with Gasteiger partial charge in [-0.2, -0.15) is 10.4 Å². The number of esters is 2. The van der Waals surface area contributed by atoms with E-state index in [0.29, 0.717) is 16.8 Å². The first-order valence-electron chi connectivity index (χ1n) is 16.9. The Kier molecular flexibility index (Phi) is 11.8. The topological polar surface area (TPSA) is 208 Å².